The van der Waals surface area contributed by atoms with Gasteiger partial charge in [0.25, 0.3) is 0 Å². The van der Waals surface area contributed by atoms with E-state index in [1.807, 2.05) is 0 Å². The Morgan fingerprint density at radius 1 is 0.714 bits per heavy atom. The number of pyridine rings is 1. The standard InChI is InChI=1S/C20H23N/c1-2-8-15(9-3-1)14-20-18-12-5-4-10-16(18)17-11-6-7-13-19(17)21-20/h1-3,8-9H,4-7,10-14H2. The van der Waals surface area contributed by atoms with Crippen molar-refractivity contribution in [3.05, 3.63) is 64.0 Å². The number of hydrogen-bond donors (Lipinski definition) is 0. The average Bonchev–Trinajstić information content (AvgIpc) is 2.56. The van der Waals surface area contributed by atoms with E-state index in [4.69, 9.17) is 4.98 Å². The molecule has 0 aliphatic heterocycles. The third kappa shape index (κ3) is 2.50. The van der Waals surface area contributed by atoms with Crippen LogP contribution in [0.15, 0.2) is 30.3 Å². The minimum absolute atomic E-state index is 1.01. The van der Waals surface area contributed by atoms with E-state index >= 15 is 0 Å². The highest BCUT2D eigenvalue weighted by Crippen LogP contribution is 2.33. The highest BCUT2D eigenvalue weighted by Gasteiger charge is 2.23. The van der Waals surface area contributed by atoms with Gasteiger partial charge in [-0.05, 0) is 73.6 Å². The smallest absolute Gasteiger partial charge is 0.0485 e. The van der Waals surface area contributed by atoms with E-state index in [1.165, 1.54) is 68.3 Å². The van der Waals surface area contributed by atoms with Crippen molar-refractivity contribution < 1.29 is 0 Å². The average molecular weight is 277 g/mol. The molecule has 2 aliphatic rings. The summed E-state index contributed by atoms with van der Waals surface area (Å²) in [7, 11) is 0. The number of fused-ring (bicyclic) bond motifs is 3. The van der Waals surface area contributed by atoms with Crippen LogP contribution in [0.3, 0.4) is 0 Å². The van der Waals surface area contributed by atoms with E-state index in [2.05, 4.69) is 30.3 Å². The third-order valence-corrected chi connectivity index (χ3v) is 5.10. The Hall–Kier alpha value is -1.63. The molecule has 1 aromatic carbocycles. The SMILES string of the molecule is c1ccc(Cc2nc3c(c4c2CCCC4)CCCC3)cc1. The van der Waals surface area contributed by atoms with Gasteiger partial charge < -0.3 is 0 Å². The monoisotopic (exact) mass is 277 g/mol. The minimum Gasteiger partial charge on any atom is -0.257 e. The predicted octanol–water partition coefficient (Wildman–Crippen LogP) is 4.43. The Morgan fingerprint density at radius 2 is 1.38 bits per heavy atom. The lowest BCUT2D eigenvalue weighted by atomic mass is 9.81. The molecule has 0 radical (unpaired) electrons. The van der Waals surface area contributed by atoms with E-state index in [1.54, 1.807) is 16.7 Å². The molecule has 0 amide bonds. The van der Waals surface area contributed by atoms with Crippen molar-refractivity contribution in [1.82, 2.24) is 4.98 Å². The summed E-state index contributed by atoms with van der Waals surface area (Å²) in [6, 6.07) is 10.8. The summed E-state index contributed by atoms with van der Waals surface area (Å²) >= 11 is 0. The quantitative estimate of drug-likeness (QED) is 0.791. The second-order valence-corrected chi connectivity index (χ2v) is 6.52. The largest absolute Gasteiger partial charge is 0.257 e. The van der Waals surface area contributed by atoms with Gasteiger partial charge in [0.2, 0.25) is 0 Å². The molecule has 1 heterocycles. The number of rotatable bonds is 2. The molecule has 0 saturated heterocycles. The molecule has 4 rings (SSSR count). The molecule has 0 spiro atoms. The maximum Gasteiger partial charge on any atom is 0.0485 e. The number of aryl methyl sites for hydroxylation is 1. The Bertz CT molecular complexity index is 643. The van der Waals surface area contributed by atoms with Gasteiger partial charge in [-0.15, -0.1) is 0 Å². The van der Waals surface area contributed by atoms with Crippen LogP contribution >= 0.6 is 0 Å². The fourth-order valence-corrected chi connectivity index (χ4v) is 4.06. The third-order valence-electron chi connectivity index (χ3n) is 5.10. The number of hydrogen-bond acceptors (Lipinski definition) is 1. The lowest BCUT2D eigenvalue weighted by Crippen LogP contribution is -2.18. The number of aromatic nitrogens is 1. The van der Waals surface area contributed by atoms with Gasteiger partial charge in [0.1, 0.15) is 0 Å². The summed E-state index contributed by atoms with van der Waals surface area (Å²) in [5.41, 5.74) is 9.12. The first kappa shape index (κ1) is 13.1. The molecule has 0 atom stereocenters. The van der Waals surface area contributed by atoms with Crippen molar-refractivity contribution in [2.75, 3.05) is 0 Å². The van der Waals surface area contributed by atoms with Gasteiger partial charge in [0, 0.05) is 17.8 Å². The molecule has 0 bridgehead atoms. The molecule has 21 heavy (non-hydrogen) atoms. The maximum atomic E-state index is 5.12. The van der Waals surface area contributed by atoms with Gasteiger partial charge in [-0.3, -0.25) is 4.98 Å². The molecule has 108 valence electrons. The van der Waals surface area contributed by atoms with Crippen LogP contribution < -0.4 is 0 Å². The van der Waals surface area contributed by atoms with Gasteiger partial charge in [0.15, 0.2) is 0 Å². The van der Waals surface area contributed by atoms with Crippen LogP contribution in [0.2, 0.25) is 0 Å². The Labute approximate surface area is 127 Å². The van der Waals surface area contributed by atoms with Crippen molar-refractivity contribution in [1.29, 1.82) is 0 Å². The van der Waals surface area contributed by atoms with Crippen LogP contribution in [0.1, 0.15) is 59.3 Å². The first-order valence-electron chi connectivity index (χ1n) is 8.48. The van der Waals surface area contributed by atoms with E-state index in [-0.39, 0.29) is 0 Å². The lowest BCUT2D eigenvalue weighted by molar-refractivity contribution is 0.617. The van der Waals surface area contributed by atoms with Gasteiger partial charge >= 0.3 is 0 Å². The zero-order chi connectivity index (χ0) is 14.1. The van der Waals surface area contributed by atoms with Crippen LogP contribution in [0.25, 0.3) is 0 Å². The second kappa shape index (κ2) is 5.63. The lowest BCUT2D eigenvalue weighted by Gasteiger charge is -2.27. The van der Waals surface area contributed by atoms with Crippen LogP contribution in [-0.2, 0) is 32.1 Å². The molecule has 1 aromatic heterocycles. The molecule has 0 unspecified atom stereocenters. The summed E-state index contributed by atoms with van der Waals surface area (Å²) in [6.07, 6.45) is 11.4. The van der Waals surface area contributed by atoms with Crippen LogP contribution in [0, 0.1) is 0 Å². The van der Waals surface area contributed by atoms with Crippen molar-refractivity contribution in [3.63, 3.8) is 0 Å². The zero-order valence-electron chi connectivity index (χ0n) is 12.7. The molecule has 0 N–H and O–H groups in total. The molecule has 1 heteroatoms. The van der Waals surface area contributed by atoms with Crippen molar-refractivity contribution in [2.24, 2.45) is 0 Å². The summed E-state index contributed by atoms with van der Waals surface area (Å²) < 4.78 is 0. The van der Waals surface area contributed by atoms with Gasteiger partial charge in [-0.25, -0.2) is 0 Å². The molecular formula is C20H23N. The summed E-state index contributed by atoms with van der Waals surface area (Å²) in [5, 5.41) is 0. The highest BCUT2D eigenvalue weighted by atomic mass is 14.7. The number of nitrogens with zero attached hydrogens (tertiary/aromatic N) is 1. The summed E-state index contributed by atoms with van der Waals surface area (Å²) in [5.74, 6) is 0. The van der Waals surface area contributed by atoms with Crippen LogP contribution in [0.4, 0.5) is 0 Å². The first-order valence-corrected chi connectivity index (χ1v) is 8.48. The second-order valence-electron chi connectivity index (χ2n) is 6.52. The van der Waals surface area contributed by atoms with Crippen molar-refractivity contribution in [2.45, 2.75) is 57.8 Å². The molecule has 2 aromatic rings. The normalized spacial score (nSPS) is 17.1. The fourth-order valence-electron chi connectivity index (χ4n) is 4.06. The summed E-state index contributed by atoms with van der Waals surface area (Å²) in [6.45, 7) is 0. The molecule has 0 fully saturated rings. The fraction of sp³-hybridized carbons (Fsp3) is 0.450. The molecule has 1 nitrogen and oxygen atoms in total. The number of benzene rings is 1. The summed E-state index contributed by atoms with van der Waals surface area (Å²) in [4.78, 5) is 5.12. The van der Waals surface area contributed by atoms with Crippen LogP contribution in [-0.4, -0.2) is 4.98 Å². The van der Waals surface area contributed by atoms with Gasteiger partial charge in [-0.1, -0.05) is 30.3 Å². The topological polar surface area (TPSA) is 12.9 Å². The van der Waals surface area contributed by atoms with E-state index < -0.39 is 0 Å². The first-order chi connectivity index (χ1) is 10.4. The van der Waals surface area contributed by atoms with E-state index in [9.17, 15) is 0 Å². The maximum absolute atomic E-state index is 5.12. The molecule has 0 saturated carbocycles. The zero-order valence-corrected chi connectivity index (χ0v) is 12.7. The highest BCUT2D eigenvalue weighted by molar-refractivity contribution is 5.44. The van der Waals surface area contributed by atoms with Crippen molar-refractivity contribution in [3.8, 4) is 0 Å². The Kier molecular flexibility index (Phi) is 3.50. The van der Waals surface area contributed by atoms with E-state index in [0.717, 1.165) is 6.42 Å². The van der Waals surface area contributed by atoms with Crippen molar-refractivity contribution >= 4 is 0 Å². The molecular weight excluding hydrogens is 254 g/mol. The Morgan fingerprint density at radius 3 is 2.19 bits per heavy atom. The van der Waals surface area contributed by atoms with Crippen LogP contribution in [0.5, 0.6) is 0 Å². The van der Waals surface area contributed by atoms with Gasteiger partial charge in [0.05, 0.1) is 0 Å². The van der Waals surface area contributed by atoms with E-state index in [0.29, 0.717) is 0 Å². The Balaban J connectivity index is 1.79. The van der Waals surface area contributed by atoms with Gasteiger partial charge in [-0.2, -0.15) is 0 Å². The predicted molar refractivity (Wildman–Crippen MR) is 86.8 cm³/mol. The molecule has 2 aliphatic carbocycles. The minimum atomic E-state index is 1.01.